The van der Waals surface area contributed by atoms with Crippen LogP contribution in [0.4, 0.5) is 5.69 Å². The third kappa shape index (κ3) is 4.47. The van der Waals surface area contributed by atoms with Crippen molar-refractivity contribution in [1.82, 2.24) is 19.8 Å². The van der Waals surface area contributed by atoms with E-state index in [2.05, 4.69) is 53.9 Å². The number of hydrogen-bond acceptors (Lipinski definition) is 4. The number of anilines is 1. The van der Waals surface area contributed by atoms with Crippen molar-refractivity contribution in [2.24, 2.45) is 0 Å². The number of H-pyrrole nitrogens is 1. The Morgan fingerprint density at radius 2 is 1.67 bits per heavy atom. The number of nitrogens with one attached hydrogen (secondary N) is 1. The molecular formula is C29H32ClN5O. The van der Waals surface area contributed by atoms with E-state index in [0.29, 0.717) is 10.6 Å². The lowest BCUT2D eigenvalue weighted by molar-refractivity contribution is 0.0828. The lowest BCUT2D eigenvalue weighted by Gasteiger charge is -2.36. The van der Waals surface area contributed by atoms with Gasteiger partial charge in [0.05, 0.1) is 10.6 Å². The average molecular weight is 502 g/mol. The van der Waals surface area contributed by atoms with E-state index >= 15 is 0 Å². The quantitative estimate of drug-likeness (QED) is 0.394. The SMILES string of the molecule is Cc1cc(-c2cnc3[nH]cc(-c4ccc(C(=O)N(C)C)c(Cl)c4)c3c2)cc(C)c1N1CCN(C)CC1. The molecule has 0 atom stereocenters. The van der Waals surface area contributed by atoms with Crippen LogP contribution in [0.2, 0.25) is 5.02 Å². The van der Waals surface area contributed by atoms with Crippen molar-refractivity contribution in [2.75, 3.05) is 52.2 Å². The molecule has 1 N–H and O–H groups in total. The third-order valence-corrected chi connectivity index (χ3v) is 7.40. The lowest BCUT2D eigenvalue weighted by atomic mass is 9.97. The average Bonchev–Trinajstić information content (AvgIpc) is 3.27. The van der Waals surface area contributed by atoms with Gasteiger partial charge in [-0.1, -0.05) is 17.7 Å². The zero-order valence-corrected chi connectivity index (χ0v) is 22.3. The highest BCUT2D eigenvalue weighted by atomic mass is 35.5. The van der Waals surface area contributed by atoms with Crippen molar-refractivity contribution >= 4 is 34.2 Å². The Hall–Kier alpha value is -3.35. The minimum absolute atomic E-state index is 0.111. The number of fused-ring (bicyclic) bond motifs is 1. The molecule has 1 saturated heterocycles. The van der Waals surface area contributed by atoms with Gasteiger partial charge in [-0.3, -0.25) is 4.79 Å². The second kappa shape index (κ2) is 9.60. The maximum Gasteiger partial charge on any atom is 0.254 e. The molecule has 4 aromatic rings. The number of benzene rings is 2. The fourth-order valence-corrected chi connectivity index (χ4v) is 5.41. The van der Waals surface area contributed by atoms with Gasteiger partial charge in [-0.25, -0.2) is 4.98 Å². The van der Waals surface area contributed by atoms with Crippen molar-refractivity contribution in [3.63, 3.8) is 0 Å². The van der Waals surface area contributed by atoms with Crippen molar-refractivity contribution < 1.29 is 4.79 Å². The minimum Gasteiger partial charge on any atom is -0.369 e. The second-order valence-electron chi connectivity index (χ2n) is 9.97. The Labute approximate surface area is 217 Å². The first-order valence-electron chi connectivity index (χ1n) is 12.3. The van der Waals surface area contributed by atoms with Crippen LogP contribution in [0, 0.1) is 13.8 Å². The molecular weight excluding hydrogens is 470 g/mol. The van der Waals surface area contributed by atoms with Gasteiger partial charge in [0.2, 0.25) is 0 Å². The summed E-state index contributed by atoms with van der Waals surface area (Å²) in [5, 5.41) is 1.46. The smallest absolute Gasteiger partial charge is 0.254 e. The van der Waals surface area contributed by atoms with E-state index in [9.17, 15) is 4.79 Å². The molecule has 36 heavy (non-hydrogen) atoms. The summed E-state index contributed by atoms with van der Waals surface area (Å²) < 4.78 is 0. The highest BCUT2D eigenvalue weighted by Gasteiger charge is 2.19. The number of aromatic nitrogens is 2. The van der Waals surface area contributed by atoms with E-state index in [1.807, 2.05) is 24.5 Å². The number of rotatable bonds is 4. The second-order valence-corrected chi connectivity index (χ2v) is 10.4. The summed E-state index contributed by atoms with van der Waals surface area (Å²) in [5.74, 6) is -0.111. The third-order valence-electron chi connectivity index (χ3n) is 7.09. The molecule has 2 aromatic carbocycles. The van der Waals surface area contributed by atoms with Crippen LogP contribution >= 0.6 is 11.6 Å². The first kappa shape index (κ1) is 24.3. The molecule has 0 bridgehead atoms. The predicted octanol–water partition coefficient (Wildman–Crippen LogP) is 5.62. The van der Waals surface area contributed by atoms with Crippen LogP contribution in [0.3, 0.4) is 0 Å². The van der Waals surface area contributed by atoms with Crippen LogP contribution in [-0.2, 0) is 0 Å². The summed E-state index contributed by atoms with van der Waals surface area (Å²) in [7, 11) is 5.63. The van der Waals surface area contributed by atoms with E-state index in [-0.39, 0.29) is 5.91 Å². The predicted molar refractivity (Wildman–Crippen MR) is 149 cm³/mol. The van der Waals surface area contributed by atoms with E-state index in [0.717, 1.165) is 59.5 Å². The molecule has 0 saturated carbocycles. The first-order valence-corrected chi connectivity index (χ1v) is 12.6. The summed E-state index contributed by atoms with van der Waals surface area (Å²) in [6, 6.07) is 12.3. The van der Waals surface area contributed by atoms with Crippen LogP contribution in [0.15, 0.2) is 48.8 Å². The highest BCUT2D eigenvalue weighted by Crippen LogP contribution is 2.35. The van der Waals surface area contributed by atoms with Crippen molar-refractivity contribution in [3.8, 4) is 22.3 Å². The minimum atomic E-state index is -0.111. The molecule has 0 spiro atoms. The van der Waals surface area contributed by atoms with Gasteiger partial charge < -0.3 is 19.7 Å². The van der Waals surface area contributed by atoms with E-state index in [4.69, 9.17) is 16.6 Å². The van der Waals surface area contributed by atoms with Crippen LogP contribution in [-0.4, -0.2) is 73.0 Å². The van der Waals surface area contributed by atoms with Gasteiger partial charge in [0.25, 0.3) is 5.91 Å². The first-order chi connectivity index (χ1) is 17.2. The van der Waals surface area contributed by atoms with Gasteiger partial charge >= 0.3 is 0 Å². The Morgan fingerprint density at radius 3 is 2.31 bits per heavy atom. The van der Waals surface area contributed by atoms with Gasteiger partial charge in [0.15, 0.2) is 0 Å². The number of aromatic amines is 1. The summed E-state index contributed by atoms with van der Waals surface area (Å²) in [4.78, 5) is 26.8. The molecule has 186 valence electrons. The summed E-state index contributed by atoms with van der Waals surface area (Å²) in [6.07, 6.45) is 3.88. The highest BCUT2D eigenvalue weighted by molar-refractivity contribution is 6.34. The number of carbonyl (C=O) groups excluding carboxylic acids is 1. The molecule has 1 aliphatic rings. The van der Waals surface area contributed by atoms with Crippen LogP contribution in [0.1, 0.15) is 21.5 Å². The van der Waals surface area contributed by atoms with Gasteiger partial charge in [-0.05, 0) is 73.5 Å². The Kier molecular flexibility index (Phi) is 6.49. The molecule has 3 heterocycles. The number of carbonyl (C=O) groups is 1. The number of aryl methyl sites for hydroxylation is 2. The summed E-state index contributed by atoms with van der Waals surface area (Å²) in [5.41, 5.74) is 9.43. The topological polar surface area (TPSA) is 55.5 Å². The molecule has 1 amide bonds. The molecule has 0 aliphatic carbocycles. The fraction of sp³-hybridized carbons (Fsp3) is 0.310. The molecule has 6 nitrogen and oxygen atoms in total. The summed E-state index contributed by atoms with van der Waals surface area (Å²) >= 11 is 6.51. The van der Waals surface area contributed by atoms with E-state index in [1.165, 1.54) is 21.7 Å². The zero-order valence-electron chi connectivity index (χ0n) is 21.5. The summed E-state index contributed by atoms with van der Waals surface area (Å²) in [6.45, 7) is 8.70. The number of amides is 1. The molecule has 7 heteroatoms. The largest absolute Gasteiger partial charge is 0.369 e. The van der Waals surface area contributed by atoms with Crippen molar-refractivity contribution in [3.05, 3.63) is 70.5 Å². The Balaban J connectivity index is 1.51. The molecule has 0 radical (unpaired) electrons. The number of nitrogens with zero attached hydrogens (tertiary/aromatic N) is 4. The number of likely N-dealkylation sites (N-methyl/N-ethyl adjacent to an activating group) is 1. The Bertz CT molecular complexity index is 1430. The maximum absolute atomic E-state index is 12.4. The van der Waals surface area contributed by atoms with E-state index < -0.39 is 0 Å². The molecule has 1 aliphatic heterocycles. The van der Waals surface area contributed by atoms with Crippen molar-refractivity contribution in [1.29, 1.82) is 0 Å². The monoisotopic (exact) mass is 501 g/mol. The van der Waals surface area contributed by atoms with Gasteiger partial charge in [0, 0.05) is 74.9 Å². The van der Waals surface area contributed by atoms with Crippen LogP contribution in [0.5, 0.6) is 0 Å². The van der Waals surface area contributed by atoms with Crippen molar-refractivity contribution in [2.45, 2.75) is 13.8 Å². The molecule has 2 aromatic heterocycles. The number of piperazine rings is 1. The maximum atomic E-state index is 12.4. The molecule has 0 unspecified atom stereocenters. The van der Waals surface area contributed by atoms with Crippen LogP contribution < -0.4 is 4.90 Å². The number of hydrogen-bond donors (Lipinski definition) is 1. The fourth-order valence-electron chi connectivity index (χ4n) is 5.15. The molecule has 1 fully saturated rings. The van der Waals surface area contributed by atoms with Gasteiger partial charge in [-0.15, -0.1) is 0 Å². The molecule has 5 rings (SSSR count). The lowest BCUT2D eigenvalue weighted by Crippen LogP contribution is -2.45. The zero-order chi connectivity index (χ0) is 25.6. The normalized spacial score (nSPS) is 14.4. The number of pyridine rings is 1. The van der Waals surface area contributed by atoms with Gasteiger partial charge in [-0.2, -0.15) is 0 Å². The van der Waals surface area contributed by atoms with Crippen LogP contribution in [0.25, 0.3) is 33.3 Å². The van der Waals surface area contributed by atoms with E-state index in [1.54, 1.807) is 20.2 Å². The standard InChI is InChI=1S/C29H32ClN5O/c1-18-12-21(13-19(2)27(18)35-10-8-34(5)9-11-35)22-14-24-25(17-32-28(24)31-16-22)20-6-7-23(26(30)15-20)29(36)33(3)4/h6-7,12-17H,8-11H2,1-5H3,(H,31,32). The number of halogens is 1. The Morgan fingerprint density at radius 1 is 0.972 bits per heavy atom. The van der Waals surface area contributed by atoms with Gasteiger partial charge in [0.1, 0.15) is 5.65 Å².